The lowest BCUT2D eigenvalue weighted by atomic mass is 9.80. The minimum atomic E-state index is -0.510. The second-order valence-electron chi connectivity index (χ2n) is 8.70. The fourth-order valence-electron chi connectivity index (χ4n) is 4.50. The lowest BCUT2D eigenvalue weighted by Crippen LogP contribution is -2.48. The van der Waals surface area contributed by atoms with Gasteiger partial charge in [0.2, 0.25) is 5.91 Å². The Hall–Kier alpha value is -2.63. The highest BCUT2D eigenvalue weighted by atomic mass is 35.5. The van der Waals surface area contributed by atoms with E-state index < -0.39 is 5.92 Å². The molecule has 2 aromatic carbocycles. The largest absolute Gasteiger partial charge is 0.329 e. The summed E-state index contributed by atoms with van der Waals surface area (Å²) in [4.78, 5) is 32.3. The molecule has 2 heterocycles. The zero-order valence-electron chi connectivity index (χ0n) is 18.7. The molecule has 0 unspecified atom stereocenters. The van der Waals surface area contributed by atoms with Gasteiger partial charge in [0.05, 0.1) is 12.0 Å². The molecule has 0 radical (unpaired) electrons. The average molecular weight is 467 g/mol. The number of nitrogens with zero attached hydrogens (tertiary/aromatic N) is 2. The molecule has 4 nitrogen and oxygen atoms in total. The first-order valence-electron chi connectivity index (χ1n) is 10.8. The summed E-state index contributed by atoms with van der Waals surface area (Å²) in [5, 5.41) is 2.58. The van der Waals surface area contributed by atoms with Crippen molar-refractivity contribution >= 4 is 40.4 Å². The first kappa shape index (κ1) is 22.6. The molecule has 2 amide bonds. The van der Waals surface area contributed by atoms with E-state index in [0.29, 0.717) is 17.1 Å². The highest BCUT2D eigenvalue weighted by Crippen LogP contribution is 2.45. The Bertz CT molecular complexity index is 1140. The highest BCUT2D eigenvalue weighted by Gasteiger charge is 2.45. The van der Waals surface area contributed by atoms with E-state index >= 15 is 0 Å². The molecule has 4 rings (SSSR count). The molecule has 0 saturated heterocycles. The van der Waals surface area contributed by atoms with E-state index in [2.05, 4.69) is 13.8 Å². The van der Waals surface area contributed by atoms with Gasteiger partial charge in [-0.1, -0.05) is 55.8 Å². The summed E-state index contributed by atoms with van der Waals surface area (Å²) in [6.07, 6.45) is 0. The molecule has 0 spiro atoms. The number of aryl methyl sites for hydroxylation is 1. The van der Waals surface area contributed by atoms with Crippen molar-refractivity contribution in [2.45, 2.75) is 32.7 Å². The van der Waals surface area contributed by atoms with Gasteiger partial charge in [-0.15, -0.1) is 11.3 Å². The zero-order valence-corrected chi connectivity index (χ0v) is 20.3. The summed E-state index contributed by atoms with van der Waals surface area (Å²) in [5.74, 6) is -0.305. The van der Waals surface area contributed by atoms with Crippen LogP contribution in [0.5, 0.6) is 0 Å². The molecule has 0 bridgehead atoms. The van der Waals surface area contributed by atoms with Crippen molar-refractivity contribution in [1.82, 2.24) is 4.90 Å². The Balaban J connectivity index is 1.88. The Morgan fingerprint density at radius 3 is 2.59 bits per heavy atom. The second-order valence-corrected chi connectivity index (χ2v) is 10.1. The molecule has 2 atom stereocenters. The maximum atomic E-state index is 14.1. The van der Waals surface area contributed by atoms with Crippen LogP contribution in [0, 0.1) is 12.8 Å². The molecule has 166 valence electrons. The van der Waals surface area contributed by atoms with Gasteiger partial charge in [0.15, 0.2) is 0 Å². The lowest BCUT2D eigenvalue weighted by Gasteiger charge is -2.43. The molecule has 0 fully saturated rings. The van der Waals surface area contributed by atoms with Gasteiger partial charge in [-0.3, -0.25) is 9.59 Å². The summed E-state index contributed by atoms with van der Waals surface area (Å²) in [6.45, 7) is 6.74. The molecular weight excluding hydrogens is 440 g/mol. The van der Waals surface area contributed by atoms with Crippen LogP contribution in [-0.4, -0.2) is 30.3 Å². The summed E-state index contributed by atoms with van der Waals surface area (Å²) in [7, 11) is 1.79. The number of halogens is 1. The number of likely N-dealkylation sites (N-methyl/N-ethyl adjacent to an activating group) is 1. The van der Waals surface area contributed by atoms with Crippen LogP contribution in [-0.2, 0) is 4.79 Å². The number of hydrogen-bond donors (Lipinski definition) is 0. The summed E-state index contributed by atoms with van der Waals surface area (Å²) >= 11 is 7.84. The van der Waals surface area contributed by atoms with Gasteiger partial charge in [0.25, 0.3) is 5.91 Å². The molecule has 1 aliphatic heterocycles. The van der Waals surface area contributed by atoms with Crippen LogP contribution in [0.2, 0.25) is 5.02 Å². The van der Waals surface area contributed by atoms with Gasteiger partial charge in [0, 0.05) is 34.7 Å². The standard InChI is InChI=1S/C26H27ClN2O2S/c1-16(2)15-29-24(22-10-7-13-32-22)23(19-8-5-6-9-20(19)25(29)30)26(31)28(4)21-14-18(27)12-11-17(21)3/h5-14,16,23-24H,15H2,1-4H3/t23-,24+/m1/s1. The number of hydrogen-bond acceptors (Lipinski definition) is 3. The average Bonchev–Trinajstić information content (AvgIpc) is 3.30. The van der Waals surface area contributed by atoms with E-state index in [1.165, 1.54) is 0 Å². The van der Waals surface area contributed by atoms with Crippen LogP contribution in [0.25, 0.3) is 0 Å². The second kappa shape index (κ2) is 9.08. The van der Waals surface area contributed by atoms with E-state index in [0.717, 1.165) is 21.7 Å². The fraction of sp³-hybridized carbons (Fsp3) is 0.308. The number of anilines is 1. The number of amides is 2. The third kappa shape index (κ3) is 4.07. The maximum Gasteiger partial charge on any atom is 0.254 e. The third-order valence-electron chi connectivity index (χ3n) is 5.96. The van der Waals surface area contributed by atoms with Crippen LogP contribution in [0.3, 0.4) is 0 Å². The Labute approximate surface area is 198 Å². The van der Waals surface area contributed by atoms with Crippen molar-refractivity contribution in [3.05, 3.63) is 86.6 Å². The van der Waals surface area contributed by atoms with Crippen molar-refractivity contribution in [3.8, 4) is 0 Å². The SMILES string of the molecule is Cc1ccc(Cl)cc1N(C)C(=O)[C@@H]1c2ccccc2C(=O)N(CC(C)C)[C@H]1c1cccs1. The van der Waals surface area contributed by atoms with Gasteiger partial charge in [-0.2, -0.15) is 0 Å². The first-order valence-corrected chi connectivity index (χ1v) is 12.0. The molecule has 0 saturated carbocycles. The van der Waals surface area contributed by atoms with E-state index in [4.69, 9.17) is 11.6 Å². The topological polar surface area (TPSA) is 40.6 Å². The molecule has 0 aliphatic carbocycles. The van der Waals surface area contributed by atoms with Crippen LogP contribution in [0.4, 0.5) is 5.69 Å². The monoisotopic (exact) mass is 466 g/mol. The van der Waals surface area contributed by atoms with Crippen LogP contribution in [0.15, 0.2) is 60.0 Å². The Morgan fingerprint density at radius 1 is 1.16 bits per heavy atom. The summed E-state index contributed by atoms with van der Waals surface area (Å²) in [6, 6.07) is 16.7. The van der Waals surface area contributed by atoms with Crippen molar-refractivity contribution in [2.24, 2.45) is 5.92 Å². The van der Waals surface area contributed by atoms with Crippen LogP contribution >= 0.6 is 22.9 Å². The molecule has 6 heteroatoms. The number of thiophene rings is 1. The van der Waals surface area contributed by atoms with Crippen molar-refractivity contribution in [2.75, 3.05) is 18.5 Å². The van der Waals surface area contributed by atoms with E-state index in [9.17, 15) is 9.59 Å². The number of carbonyl (C=O) groups excluding carboxylic acids is 2. The van der Waals surface area contributed by atoms with Crippen molar-refractivity contribution < 1.29 is 9.59 Å². The predicted octanol–water partition coefficient (Wildman–Crippen LogP) is 6.31. The van der Waals surface area contributed by atoms with Crippen LogP contribution in [0.1, 0.15) is 52.2 Å². The number of carbonyl (C=O) groups is 2. The molecular formula is C26H27ClN2O2S. The highest BCUT2D eigenvalue weighted by molar-refractivity contribution is 7.10. The maximum absolute atomic E-state index is 14.1. The van der Waals surface area contributed by atoms with Gasteiger partial charge >= 0.3 is 0 Å². The third-order valence-corrected chi connectivity index (χ3v) is 7.14. The first-order chi connectivity index (χ1) is 15.3. The minimum Gasteiger partial charge on any atom is -0.329 e. The Morgan fingerprint density at radius 2 is 1.91 bits per heavy atom. The summed E-state index contributed by atoms with van der Waals surface area (Å²) < 4.78 is 0. The zero-order chi connectivity index (χ0) is 23.0. The van der Waals surface area contributed by atoms with E-state index in [1.54, 1.807) is 23.3 Å². The summed E-state index contributed by atoms with van der Waals surface area (Å²) in [5.41, 5.74) is 3.14. The molecule has 0 N–H and O–H groups in total. The lowest BCUT2D eigenvalue weighted by molar-refractivity contribution is -0.121. The number of rotatable bonds is 5. The molecule has 32 heavy (non-hydrogen) atoms. The Kier molecular flexibility index (Phi) is 6.40. The molecule has 1 aliphatic rings. The fourth-order valence-corrected chi connectivity index (χ4v) is 5.54. The number of benzene rings is 2. The quantitative estimate of drug-likeness (QED) is 0.442. The molecule has 3 aromatic rings. The molecule has 1 aromatic heterocycles. The minimum absolute atomic E-state index is 0.0154. The van der Waals surface area contributed by atoms with Crippen molar-refractivity contribution in [3.63, 3.8) is 0 Å². The normalized spacial score (nSPS) is 18.1. The van der Waals surface area contributed by atoms with E-state index in [-0.39, 0.29) is 23.8 Å². The van der Waals surface area contributed by atoms with E-state index in [1.807, 2.05) is 71.8 Å². The smallest absolute Gasteiger partial charge is 0.254 e. The van der Waals surface area contributed by atoms with Gasteiger partial charge in [-0.25, -0.2) is 0 Å². The van der Waals surface area contributed by atoms with Crippen molar-refractivity contribution in [1.29, 1.82) is 0 Å². The van der Waals surface area contributed by atoms with Crippen LogP contribution < -0.4 is 4.90 Å². The van der Waals surface area contributed by atoms with Gasteiger partial charge in [0.1, 0.15) is 0 Å². The predicted molar refractivity (Wildman–Crippen MR) is 132 cm³/mol. The number of fused-ring (bicyclic) bond motifs is 1. The van der Waals surface area contributed by atoms with Gasteiger partial charge in [-0.05, 0) is 53.6 Å². The van der Waals surface area contributed by atoms with Gasteiger partial charge < -0.3 is 9.80 Å².